The number of carbonyl (C=O) groups is 1. The first kappa shape index (κ1) is 19.2. The Balaban J connectivity index is 2.56. The van der Waals surface area contributed by atoms with Crippen molar-refractivity contribution in [1.82, 2.24) is 9.97 Å². The van der Waals surface area contributed by atoms with E-state index in [1.54, 1.807) is 0 Å². The molecule has 1 aromatic carbocycles. The lowest BCUT2D eigenvalue weighted by Gasteiger charge is -2.15. The number of methoxy groups -OCH3 is 1. The summed E-state index contributed by atoms with van der Waals surface area (Å²) in [5, 5.41) is 9.50. The molecule has 9 heteroatoms. The maximum absolute atomic E-state index is 12.9. The van der Waals surface area contributed by atoms with Gasteiger partial charge in [0.05, 0.1) is 23.9 Å². The molecule has 0 aliphatic carbocycles. The molecule has 1 N–H and O–H groups in total. The molecule has 1 heterocycles. The molecule has 26 heavy (non-hydrogen) atoms. The predicted octanol–water partition coefficient (Wildman–Crippen LogP) is 4.06. The number of rotatable bonds is 5. The van der Waals surface area contributed by atoms with Crippen LogP contribution in [0.25, 0.3) is 5.57 Å². The summed E-state index contributed by atoms with van der Waals surface area (Å²) in [6.07, 6.45) is -3.41. The number of halogens is 3. The van der Waals surface area contributed by atoms with Crippen molar-refractivity contribution in [2.24, 2.45) is 0 Å². The van der Waals surface area contributed by atoms with E-state index in [9.17, 15) is 23.1 Å². The summed E-state index contributed by atoms with van der Waals surface area (Å²) in [6, 6.07) is 4.19. The number of alkyl halides is 3. The van der Waals surface area contributed by atoms with Gasteiger partial charge < -0.3 is 14.6 Å². The van der Waals surface area contributed by atoms with E-state index in [1.807, 2.05) is 0 Å². The van der Waals surface area contributed by atoms with Crippen molar-refractivity contribution in [3.05, 3.63) is 53.2 Å². The third-order valence-corrected chi connectivity index (χ3v) is 3.50. The molecular formula is C17H15F3N2O4. The third kappa shape index (κ3) is 4.11. The Morgan fingerprint density at radius 1 is 1.23 bits per heavy atom. The van der Waals surface area contributed by atoms with E-state index < -0.39 is 17.7 Å². The molecular weight excluding hydrogens is 353 g/mol. The highest BCUT2D eigenvalue weighted by molar-refractivity contribution is 6.17. The zero-order chi connectivity index (χ0) is 19.5. The molecule has 0 fully saturated rings. The highest BCUT2D eigenvalue weighted by atomic mass is 19.4. The van der Waals surface area contributed by atoms with E-state index in [-0.39, 0.29) is 34.2 Å². The summed E-state index contributed by atoms with van der Waals surface area (Å²) in [5.74, 6) is -1.56. The fourth-order valence-corrected chi connectivity index (χ4v) is 2.20. The van der Waals surface area contributed by atoms with E-state index in [0.29, 0.717) is 0 Å². The first-order valence-electron chi connectivity index (χ1n) is 7.30. The number of hydrogen-bond donors (Lipinski definition) is 1. The summed E-state index contributed by atoms with van der Waals surface area (Å²) >= 11 is 0. The number of benzene rings is 1. The molecule has 2 aromatic rings. The van der Waals surface area contributed by atoms with Crippen LogP contribution in [0.4, 0.5) is 13.2 Å². The summed E-state index contributed by atoms with van der Waals surface area (Å²) in [6.45, 7) is 2.96. The van der Waals surface area contributed by atoms with E-state index in [4.69, 9.17) is 9.47 Å². The normalized spacial score (nSPS) is 12.4. The maximum atomic E-state index is 12.9. The average molecular weight is 368 g/mol. The van der Waals surface area contributed by atoms with Crippen molar-refractivity contribution in [2.75, 3.05) is 7.11 Å². The fraction of sp³-hybridized carbons (Fsp3) is 0.235. The van der Waals surface area contributed by atoms with Gasteiger partial charge >= 0.3 is 12.1 Å². The Labute approximate surface area is 146 Å². The molecule has 0 bridgehead atoms. The maximum Gasteiger partial charge on any atom is 0.416 e. The van der Waals surface area contributed by atoms with E-state index in [0.717, 1.165) is 18.5 Å². The van der Waals surface area contributed by atoms with E-state index in [1.165, 1.54) is 33.1 Å². The molecule has 2 rings (SSSR count). The number of carboxylic acids is 1. The predicted molar refractivity (Wildman–Crippen MR) is 85.5 cm³/mol. The van der Waals surface area contributed by atoms with Gasteiger partial charge in [-0.1, -0.05) is 6.07 Å². The van der Waals surface area contributed by atoms with Crippen LogP contribution in [0.1, 0.15) is 23.7 Å². The molecule has 0 unspecified atom stereocenters. The van der Waals surface area contributed by atoms with Crippen LogP contribution in [-0.4, -0.2) is 28.2 Å². The zero-order valence-corrected chi connectivity index (χ0v) is 14.1. The standard InChI is InChI=1S/C17H15F3N2O4/c1-9-13(14(16(23)24)10(2)25-3)15(22-8-21-9)26-12-6-4-5-11(7-12)17(18,19)20/h4-8H,1-3H3,(H,23,24). The molecule has 0 atom stereocenters. The first-order chi connectivity index (χ1) is 12.1. The van der Waals surface area contributed by atoms with Crippen molar-refractivity contribution in [2.45, 2.75) is 20.0 Å². The molecule has 0 aliphatic rings. The van der Waals surface area contributed by atoms with Gasteiger partial charge in [-0.05, 0) is 32.0 Å². The van der Waals surface area contributed by atoms with Crippen LogP contribution in [0.3, 0.4) is 0 Å². The first-order valence-corrected chi connectivity index (χ1v) is 7.30. The molecule has 0 aliphatic heterocycles. The Kier molecular flexibility index (Phi) is 5.49. The Bertz CT molecular complexity index is 863. The number of nitrogens with zero attached hydrogens (tertiary/aromatic N) is 2. The average Bonchev–Trinajstić information content (AvgIpc) is 2.56. The number of hydrogen-bond acceptors (Lipinski definition) is 5. The third-order valence-electron chi connectivity index (χ3n) is 3.50. The highest BCUT2D eigenvalue weighted by Gasteiger charge is 2.31. The van der Waals surface area contributed by atoms with Crippen LogP contribution in [0.15, 0.2) is 36.4 Å². The summed E-state index contributed by atoms with van der Waals surface area (Å²) in [4.78, 5) is 19.5. The SMILES string of the molecule is COC(C)=C(C(=O)O)c1c(C)ncnc1Oc1cccc(C(F)(F)F)c1. The molecule has 0 saturated carbocycles. The highest BCUT2D eigenvalue weighted by Crippen LogP contribution is 2.35. The number of aromatic nitrogens is 2. The topological polar surface area (TPSA) is 81.5 Å². The molecule has 1 aromatic heterocycles. The quantitative estimate of drug-likeness (QED) is 0.633. The minimum atomic E-state index is -4.54. The van der Waals surface area contributed by atoms with Gasteiger partial charge in [-0.15, -0.1) is 0 Å². The van der Waals surface area contributed by atoms with Crippen molar-refractivity contribution in [3.8, 4) is 11.6 Å². The van der Waals surface area contributed by atoms with E-state index in [2.05, 4.69) is 9.97 Å². The van der Waals surface area contributed by atoms with Crippen LogP contribution in [0.5, 0.6) is 11.6 Å². The van der Waals surface area contributed by atoms with Gasteiger partial charge in [0.25, 0.3) is 0 Å². The largest absolute Gasteiger partial charge is 0.500 e. The minimum Gasteiger partial charge on any atom is -0.500 e. The van der Waals surface area contributed by atoms with E-state index >= 15 is 0 Å². The van der Waals surface area contributed by atoms with Gasteiger partial charge in [-0.25, -0.2) is 14.8 Å². The van der Waals surface area contributed by atoms with Crippen molar-refractivity contribution >= 4 is 11.5 Å². The number of carboxylic acid groups (broad SMARTS) is 1. The molecule has 0 radical (unpaired) electrons. The van der Waals surface area contributed by atoms with Gasteiger partial charge in [0, 0.05) is 0 Å². The minimum absolute atomic E-state index is 0.0248. The van der Waals surface area contributed by atoms with Crippen LogP contribution < -0.4 is 4.74 Å². The van der Waals surface area contributed by atoms with Gasteiger partial charge in [0.2, 0.25) is 5.88 Å². The second-order valence-electron chi connectivity index (χ2n) is 5.21. The number of allylic oxidation sites excluding steroid dienone is 1. The lowest BCUT2D eigenvalue weighted by Crippen LogP contribution is -2.09. The molecule has 6 nitrogen and oxygen atoms in total. The second-order valence-corrected chi connectivity index (χ2v) is 5.21. The Morgan fingerprint density at radius 2 is 1.92 bits per heavy atom. The number of aryl methyl sites for hydroxylation is 1. The van der Waals surface area contributed by atoms with Crippen molar-refractivity contribution < 1.29 is 32.5 Å². The van der Waals surface area contributed by atoms with Crippen molar-refractivity contribution in [3.63, 3.8) is 0 Å². The summed E-state index contributed by atoms with van der Waals surface area (Å²) in [5.41, 5.74) is -0.843. The number of ether oxygens (including phenoxy) is 2. The molecule has 138 valence electrons. The summed E-state index contributed by atoms with van der Waals surface area (Å²) in [7, 11) is 1.30. The van der Waals surface area contributed by atoms with Gasteiger partial charge in [-0.3, -0.25) is 0 Å². The monoisotopic (exact) mass is 368 g/mol. The molecule has 0 amide bonds. The summed E-state index contributed by atoms with van der Waals surface area (Å²) < 4.78 is 49.0. The van der Waals surface area contributed by atoms with Crippen LogP contribution in [0, 0.1) is 6.92 Å². The van der Waals surface area contributed by atoms with Crippen LogP contribution in [-0.2, 0) is 15.7 Å². The van der Waals surface area contributed by atoms with Gasteiger partial charge in [-0.2, -0.15) is 13.2 Å². The smallest absolute Gasteiger partial charge is 0.416 e. The Hall–Kier alpha value is -3.10. The lowest BCUT2D eigenvalue weighted by molar-refractivity contribution is -0.137. The van der Waals surface area contributed by atoms with Crippen LogP contribution >= 0.6 is 0 Å². The Morgan fingerprint density at radius 3 is 2.50 bits per heavy atom. The lowest BCUT2D eigenvalue weighted by atomic mass is 10.0. The molecule has 0 spiro atoms. The zero-order valence-electron chi connectivity index (χ0n) is 14.1. The van der Waals surface area contributed by atoms with Crippen molar-refractivity contribution in [1.29, 1.82) is 0 Å². The van der Waals surface area contributed by atoms with Gasteiger partial charge in [0.15, 0.2) is 0 Å². The number of aliphatic carboxylic acids is 1. The van der Waals surface area contributed by atoms with Gasteiger partial charge in [0.1, 0.15) is 23.4 Å². The second kappa shape index (κ2) is 7.42. The molecule has 0 saturated heterocycles. The fourth-order valence-electron chi connectivity index (χ4n) is 2.20. The van der Waals surface area contributed by atoms with Crippen LogP contribution in [0.2, 0.25) is 0 Å².